The minimum atomic E-state index is -0.0753. The van der Waals surface area contributed by atoms with Crippen molar-refractivity contribution in [3.63, 3.8) is 0 Å². The second kappa shape index (κ2) is 9.20. The maximum Gasteiger partial charge on any atom is 0.253 e. The van der Waals surface area contributed by atoms with E-state index in [0.29, 0.717) is 23.8 Å². The zero-order chi connectivity index (χ0) is 22.0. The summed E-state index contributed by atoms with van der Waals surface area (Å²) in [5.74, 6) is 0. The predicted octanol–water partition coefficient (Wildman–Crippen LogP) is 4.83. The molecule has 3 aromatic rings. The molecule has 2 heterocycles. The molecule has 5 nitrogen and oxygen atoms in total. The first-order chi connectivity index (χ1) is 14.9. The highest BCUT2D eigenvalue weighted by atomic mass is 32.1. The van der Waals surface area contributed by atoms with Crippen molar-refractivity contribution >= 4 is 33.9 Å². The Morgan fingerprint density at radius 3 is 2.74 bits per heavy atom. The molecule has 1 aliphatic rings. The van der Waals surface area contributed by atoms with Gasteiger partial charge in [0.05, 0.1) is 18.2 Å². The zero-order valence-electron chi connectivity index (χ0n) is 18.3. The number of nitrogens with zero attached hydrogens (tertiary/aromatic N) is 1. The lowest BCUT2D eigenvalue weighted by Gasteiger charge is -2.28. The van der Waals surface area contributed by atoms with Crippen LogP contribution in [0.5, 0.6) is 0 Å². The molecule has 0 unspecified atom stereocenters. The molecule has 0 aliphatic carbocycles. The average Bonchev–Trinajstić information content (AvgIpc) is 3.25. The van der Waals surface area contributed by atoms with Gasteiger partial charge in [0.2, 0.25) is 0 Å². The second-order valence-corrected chi connectivity index (χ2v) is 8.74. The molecule has 1 atom stereocenters. The fourth-order valence-corrected chi connectivity index (χ4v) is 4.33. The van der Waals surface area contributed by atoms with Gasteiger partial charge in [-0.25, -0.2) is 0 Å². The van der Waals surface area contributed by atoms with E-state index in [0.717, 1.165) is 41.6 Å². The molecule has 0 spiro atoms. The number of benzene rings is 2. The van der Waals surface area contributed by atoms with E-state index in [-0.39, 0.29) is 11.7 Å². The number of aromatic amines is 1. The van der Waals surface area contributed by atoms with Crippen LogP contribution in [0.4, 0.5) is 5.69 Å². The van der Waals surface area contributed by atoms with Gasteiger partial charge >= 0.3 is 0 Å². The van der Waals surface area contributed by atoms with E-state index in [9.17, 15) is 4.79 Å². The highest BCUT2D eigenvalue weighted by Crippen LogP contribution is 2.21. The van der Waals surface area contributed by atoms with Crippen LogP contribution < -0.4 is 10.9 Å². The monoisotopic (exact) mass is 435 g/mol. The summed E-state index contributed by atoms with van der Waals surface area (Å²) in [6.45, 7) is 8.04. The number of aryl methyl sites for hydroxylation is 2. The van der Waals surface area contributed by atoms with Gasteiger partial charge in [-0.15, -0.1) is 0 Å². The summed E-state index contributed by atoms with van der Waals surface area (Å²) in [5.41, 5.74) is 5.93. The quantitative estimate of drug-likeness (QED) is 0.562. The van der Waals surface area contributed by atoms with Crippen LogP contribution in [0.1, 0.15) is 35.1 Å². The van der Waals surface area contributed by atoms with E-state index in [1.165, 1.54) is 11.1 Å². The van der Waals surface area contributed by atoms with Gasteiger partial charge in [-0.3, -0.25) is 4.79 Å². The molecule has 1 aromatic heterocycles. The van der Waals surface area contributed by atoms with Crippen LogP contribution in [0.15, 0.2) is 47.3 Å². The van der Waals surface area contributed by atoms with Crippen LogP contribution in [0.25, 0.3) is 10.9 Å². The molecule has 6 heteroatoms. The standard InChI is InChI=1S/C25H29N3O2S/c1-16-7-5-11-22(18(16)3)26-25(31)28(15-21-10-6-12-30-21)14-20-13-19-9-4-8-17(2)23(19)27-24(20)29/h4-5,7-9,11,13,21H,6,10,12,14-15H2,1-3H3,(H,26,31)(H,27,29)/t21-/m1/s1. The topological polar surface area (TPSA) is 57.4 Å². The van der Waals surface area contributed by atoms with Gasteiger partial charge in [-0.1, -0.05) is 30.3 Å². The van der Waals surface area contributed by atoms with Crippen molar-refractivity contribution in [1.29, 1.82) is 0 Å². The Kier molecular flexibility index (Phi) is 6.39. The molecule has 2 aromatic carbocycles. The molecule has 0 radical (unpaired) electrons. The minimum absolute atomic E-state index is 0.0753. The van der Waals surface area contributed by atoms with Gasteiger partial charge in [0.15, 0.2) is 5.11 Å². The number of anilines is 1. The fourth-order valence-electron chi connectivity index (χ4n) is 4.09. The Hall–Kier alpha value is -2.70. The Bertz CT molecular complexity index is 1170. The number of hydrogen-bond acceptors (Lipinski definition) is 3. The van der Waals surface area contributed by atoms with E-state index in [1.54, 1.807) is 0 Å². The molecule has 0 saturated carbocycles. The SMILES string of the molecule is Cc1cccc(NC(=S)N(Cc2cc3cccc(C)c3[nH]c2=O)C[C@H]2CCCO2)c1C. The number of aromatic nitrogens is 1. The maximum atomic E-state index is 12.9. The molecule has 0 bridgehead atoms. The molecule has 31 heavy (non-hydrogen) atoms. The second-order valence-electron chi connectivity index (χ2n) is 8.36. The fraction of sp³-hybridized carbons (Fsp3) is 0.360. The Labute approximate surface area is 188 Å². The first-order valence-corrected chi connectivity index (χ1v) is 11.2. The molecular weight excluding hydrogens is 406 g/mol. The first-order valence-electron chi connectivity index (χ1n) is 10.8. The maximum absolute atomic E-state index is 12.9. The highest BCUT2D eigenvalue weighted by molar-refractivity contribution is 7.80. The van der Waals surface area contributed by atoms with Crippen molar-refractivity contribution in [3.8, 4) is 0 Å². The molecule has 162 valence electrons. The first kappa shape index (κ1) is 21.5. The van der Waals surface area contributed by atoms with E-state index in [1.807, 2.05) is 43.3 Å². The number of para-hydroxylation sites is 1. The van der Waals surface area contributed by atoms with Gasteiger partial charge in [-0.05, 0) is 80.0 Å². The Morgan fingerprint density at radius 2 is 1.97 bits per heavy atom. The molecule has 4 rings (SSSR count). The van der Waals surface area contributed by atoms with Crippen molar-refractivity contribution in [2.24, 2.45) is 0 Å². The molecular formula is C25H29N3O2S. The summed E-state index contributed by atoms with van der Waals surface area (Å²) < 4.78 is 5.87. The summed E-state index contributed by atoms with van der Waals surface area (Å²) in [6, 6.07) is 14.2. The largest absolute Gasteiger partial charge is 0.376 e. The van der Waals surface area contributed by atoms with Crippen LogP contribution in [-0.2, 0) is 11.3 Å². The van der Waals surface area contributed by atoms with Gasteiger partial charge in [-0.2, -0.15) is 0 Å². The summed E-state index contributed by atoms with van der Waals surface area (Å²) >= 11 is 5.80. The molecule has 0 amide bonds. The van der Waals surface area contributed by atoms with Gasteiger partial charge < -0.3 is 19.9 Å². The lowest BCUT2D eigenvalue weighted by Crippen LogP contribution is -2.40. The van der Waals surface area contributed by atoms with Gasteiger partial charge in [0, 0.05) is 24.4 Å². The summed E-state index contributed by atoms with van der Waals surface area (Å²) in [7, 11) is 0. The highest BCUT2D eigenvalue weighted by Gasteiger charge is 2.22. The van der Waals surface area contributed by atoms with E-state index >= 15 is 0 Å². The molecule has 1 aliphatic heterocycles. The number of H-pyrrole nitrogens is 1. The minimum Gasteiger partial charge on any atom is -0.376 e. The normalized spacial score (nSPS) is 15.9. The lowest BCUT2D eigenvalue weighted by molar-refractivity contribution is 0.0904. The van der Waals surface area contributed by atoms with Crippen molar-refractivity contribution in [3.05, 3.63) is 75.1 Å². The zero-order valence-corrected chi connectivity index (χ0v) is 19.1. The molecule has 1 fully saturated rings. The smallest absolute Gasteiger partial charge is 0.253 e. The summed E-state index contributed by atoms with van der Waals surface area (Å²) in [4.78, 5) is 18.0. The Balaban J connectivity index is 1.62. The third-order valence-corrected chi connectivity index (χ3v) is 6.47. The van der Waals surface area contributed by atoms with Crippen LogP contribution in [-0.4, -0.2) is 34.3 Å². The number of hydrogen-bond donors (Lipinski definition) is 2. The number of pyridine rings is 1. The average molecular weight is 436 g/mol. The third-order valence-electron chi connectivity index (χ3n) is 6.11. The summed E-state index contributed by atoms with van der Waals surface area (Å²) in [6.07, 6.45) is 2.20. The van der Waals surface area contributed by atoms with Crippen molar-refractivity contribution in [2.45, 2.75) is 46.3 Å². The number of fused-ring (bicyclic) bond motifs is 1. The van der Waals surface area contributed by atoms with E-state index in [4.69, 9.17) is 17.0 Å². The Morgan fingerprint density at radius 1 is 1.19 bits per heavy atom. The van der Waals surface area contributed by atoms with E-state index < -0.39 is 0 Å². The van der Waals surface area contributed by atoms with Crippen molar-refractivity contribution in [2.75, 3.05) is 18.5 Å². The molecule has 2 N–H and O–H groups in total. The van der Waals surface area contributed by atoms with Crippen LogP contribution in [0, 0.1) is 20.8 Å². The number of rotatable bonds is 5. The summed E-state index contributed by atoms with van der Waals surface area (Å²) in [5, 5.41) is 5.03. The van der Waals surface area contributed by atoms with Crippen LogP contribution in [0.2, 0.25) is 0 Å². The van der Waals surface area contributed by atoms with Gasteiger partial charge in [0.25, 0.3) is 5.56 Å². The molecule has 1 saturated heterocycles. The van der Waals surface area contributed by atoms with Crippen LogP contribution >= 0.6 is 12.2 Å². The third kappa shape index (κ3) is 4.81. The van der Waals surface area contributed by atoms with E-state index in [2.05, 4.69) is 35.1 Å². The number of ether oxygens (including phenoxy) is 1. The lowest BCUT2D eigenvalue weighted by atomic mass is 10.1. The van der Waals surface area contributed by atoms with Crippen molar-refractivity contribution < 1.29 is 4.74 Å². The number of thiocarbonyl (C=S) groups is 1. The van der Waals surface area contributed by atoms with Gasteiger partial charge in [0.1, 0.15) is 0 Å². The predicted molar refractivity (Wildman–Crippen MR) is 131 cm³/mol. The van der Waals surface area contributed by atoms with Crippen molar-refractivity contribution in [1.82, 2.24) is 9.88 Å². The number of nitrogens with one attached hydrogen (secondary N) is 2. The van der Waals surface area contributed by atoms with Crippen LogP contribution in [0.3, 0.4) is 0 Å².